The first kappa shape index (κ1) is 33.3. The lowest BCUT2D eigenvalue weighted by atomic mass is 9.99. The topological polar surface area (TPSA) is 21.3 Å². The number of rotatable bonds is 6. The summed E-state index contributed by atoms with van der Waals surface area (Å²) in [5.74, 6) is 0. The van der Waals surface area contributed by atoms with Crippen molar-refractivity contribution in [1.29, 1.82) is 0 Å². The Morgan fingerprint density at radius 2 is 0.966 bits per heavy atom. The van der Waals surface area contributed by atoms with E-state index < -0.39 is 0 Å². The van der Waals surface area contributed by atoms with Crippen LogP contribution in [-0.2, 0) is 0 Å². The largest absolute Gasteiger partial charge is 0.455 e. The van der Waals surface area contributed by atoms with Crippen LogP contribution >= 0.6 is 0 Å². The average Bonchev–Trinajstić information content (AvgIpc) is 3.86. The molecule has 0 aliphatic rings. The number of benzene rings is 10. The molecule has 3 nitrogen and oxygen atoms in total. The fourth-order valence-corrected chi connectivity index (χ4v) is 9.17. The first-order valence-corrected chi connectivity index (χ1v) is 20.2. The van der Waals surface area contributed by atoms with Gasteiger partial charge in [0.05, 0.1) is 22.1 Å². The van der Waals surface area contributed by atoms with Gasteiger partial charge in [-0.3, -0.25) is 0 Å². The number of hydrogen-bond donors (Lipinski definition) is 0. The summed E-state index contributed by atoms with van der Waals surface area (Å²) in [5.41, 5.74) is 13.2. The first-order valence-electron chi connectivity index (χ1n) is 20.2. The Balaban J connectivity index is 1.06. The van der Waals surface area contributed by atoms with Crippen LogP contribution in [0.25, 0.3) is 93.2 Å². The second kappa shape index (κ2) is 13.4. The van der Waals surface area contributed by atoms with Crippen LogP contribution in [0.2, 0.25) is 0 Å². The van der Waals surface area contributed by atoms with Gasteiger partial charge in [0, 0.05) is 38.6 Å². The van der Waals surface area contributed by atoms with Crippen molar-refractivity contribution in [1.82, 2.24) is 4.57 Å². The second-order valence-corrected chi connectivity index (χ2v) is 15.3. The summed E-state index contributed by atoms with van der Waals surface area (Å²) in [7, 11) is 0. The third-order valence-corrected chi connectivity index (χ3v) is 11.9. The molecule has 0 saturated heterocycles. The molecule has 59 heavy (non-hydrogen) atoms. The van der Waals surface area contributed by atoms with Gasteiger partial charge in [0.15, 0.2) is 0 Å². The summed E-state index contributed by atoms with van der Waals surface area (Å²) < 4.78 is 9.11. The first-order chi connectivity index (χ1) is 29.2. The van der Waals surface area contributed by atoms with Crippen LogP contribution in [0.3, 0.4) is 0 Å². The zero-order valence-electron chi connectivity index (χ0n) is 32.1. The predicted molar refractivity (Wildman–Crippen MR) is 249 cm³/mol. The molecule has 0 atom stereocenters. The zero-order valence-corrected chi connectivity index (χ0v) is 32.1. The third-order valence-electron chi connectivity index (χ3n) is 11.9. The lowest BCUT2D eigenvalue weighted by molar-refractivity contribution is 0.672. The molecule has 0 bridgehead atoms. The Kier molecular flexibility index (Phi) is 7.54. The number of fused-ring (bicyclic) bond motifs is 9. The van der Waals surface area contributed by atoms with Crippen molar-refractivity contribution in [2.75, 3.05) is 4.90 Å². The van der Waals surface area contributed by atoms with E-state index in [2.05, 4.69) is 228 Å². The lowest BCUT2D eigenvalue weighted by Crippen LogP contribution is -2.10. The van der Waals surface area contributed by atoms with Crippen molar-refractivity contribution in [2.45, 2.75) is 0 Å². The fraction of sp³-hybridized carbons (Fsp3) is 0. The van der Waals surface area contributed by atoms with Crippen LogP contribution in [0.4, 0.5) is 17.1 Å². The summed E-state index contributed by atoms with van der Waals surface area (Å²) in [4.78, 5) is 2.40. The maximum absolute atomic E-state index is 6.74. The Morgan fingerprint density at radius 1 is 0.356 bits per heavy atom. The van der Waals surface area contributed by atoms with Crippen LogP contribution in [0.1, 0.15) is 0 Å². The molecule has 10 aromatic carbocycles. The molecule has 3 heteroatoms. The van der Waals surface area contributed by atoms with Gasteiger partial charge in [0.2, 0.25) is 0 Å². The highest BCUT2D eigenvalue weighted by Gasteiger charge is 2.22. The molecule has 276 valence electrons. The maximum Gasteiger partial charge on any atom is 0.143 e. The molecule has 0 aliphatic heterocycles. The lowest BCUT2D eigenvalue weighted by Gasteiger charge is -2.27. The van der Waals surface area contributed by atoms with E-state index in [4.69, 9.17) is 4.42 Å². The minimum Gasteiger partial charge on any atom is -0.455 e. The van der Waals surface area contributed by atoms with Crippen LogP contribution in [0.15, 0.2) is 223 Å². The fourth-order valence-electron chi connectivity index (χ4n) is 9.17. The van der Waals surface area contributed by atoms with Gasteiger partial charge in [0.25, 0.3) is 0 Å². The minimum absolute atomic E-state index is 0.862. The molecule has 12 aromatic rings. The predicted octanol–water partition coefficient (Wildman–Crippen LogP) is 15.8. The molecule has 0 N–H and O–H groups in total. The van der Waals surface area contributed by atoms with Crippen LogP contribution < -0.4 is 4.90 Å². The molecule has 2 aromatic heterocycles. The third kappa shape index (κ3) is 5.44. The molecule has 0 fully saturated rings. The van der Waals surface area contributed by atoms with Gasteiger partial charge in [0.1, 0.15) is 11.2 Å². The molecule has 0 unspecified atom stereocenters. The number of aromatic nitrogens is 1. The monoisotopic (exact) mass is 752 g/mol. The summed E-state index contributed by atoms with van der Waals surface area (Å²) in [6.07, 6.45) is 0. The van der Waals surface area contributed by atoms with Crippen molar-refractivity contribution in [2.24, 2.45) is 0 Å². The molecule has 2 heterocycles. The molecule has 0 amide bonds. The zero-order chi connectivity index (χ0) is 38.9. The Labute approximate surface area is 341 Å². The van der Waals surface area contributed by atoms with Gasteiger partial charge in [-0.25, -0.2) is 0 Å². The Morgan fingerprint density at radius 3 is 1.78 bits per heavy atom. The van der Waals surface area contributed by atoms with Gasteiger partial charge in [-0.05, 0) is 117 Å². The smallest absolute Gasteiger partial charge is 0.143 e. The van der Waals surface area contributed by atoms with E-state index in [1.54, 1.807) is 0 Å². The normalized spacial score (nSPS) is 11.7. The van der Waals surface area contributed by atoms with E-state index in [1.165, 1.54) is 43.7 Å². The molecule has 0 aliphatic carbocycles. The summed E-state index contributed by atoms with van der Waals surface area (Å²) in [6, 6.07) is 78.8. The van der Waals surface area contributed by atoms with E-state index in [0.717, 1.165) is 66.6 Å². The highest BCUT2D eigenvalue weighted by Crippen LogP contribution is 2.46. The van der Waals surface area contributed by atoms with Crippen LogP contribution in [0.5, 0.6) is 0 Å². The van der Waals surface area contributed by atoms with Crippen molar-refractivity contribution >= 4 is 82.4 Å². The highest BCUT2D eigenvalue weighted by atomic mass is 16.3. The van der Waals surface area contributed by atoms with E-state index in [-0.39, 0.29) is 0 Å². The van der Waals surface area contributed by atoms with Crippen molar-refractivity contribution < 1.29 is 4.42 Å². The number of furan rings is 1. The Hall–Kier alpha value is -7.88. The van der Waals surface area contributed by atoms with Gasteiger partial charge in [-0.15, -0.1) is 0 Å². The summed E-state index contributed by atoms with van der Waals surface area (Å²) in [6.45, 7) is 0. The molecule has 0 saturated carbocycles. The summed E-state index contributed by atoms with van der Waals surface area (Å²) >= 11 is 0. The summed E-state index contributed by atoms with van der Waals surface area (Å²) in [5, 5.41) is 9.40. The van der Waals surface area contributed by atoms with Crippen LogP contribution in [0, 0.1) is 0 Å². The maximum atomic E-state index is 6.74. The Bertz CT molecular complexity index is 3580. The van der Waals surface area contributed by atoms with Crippen molar-refractivity contribution in [3.8, 4) is 27.9 Å². The molecule has 0 spiro atoms. The standard InChI is InChI=1S/C56H36N2O/c1-2-18-44(19-3-1)58-51-24-9-8-23-48(51)50-36-43(30-32-52(50)58)41-17-11-21-46(35-41)57(45-20-10-16-40(34-45)42-28-27-37-13-4-5-15-39(37)33-42)53-25-12-26-54-55(53)49-31-29-38-14-6-7-22-47(38)56(49)59-54/h1-36H. The van der Waals surface area contributed by atoms with Gasteiger partial charge in [-0.2, -0.15) is 0 Å². The van der Waals surface area contributed by atoms with Crippen molar-refractivity contribution in [3.63, 3.8) is 0 Å². The molecule has 0 radical (unpaired) electrons. The minimum atomic E-state index is 0.862. The highest BCUT2D eigenvalue weighted by molar-refractivity contribution is 6.19. The van der Waals surface area contributed by atoms with Crippen LogP contribution in [-0.4, -0.2) is 4.57 Å². The number of anilines is 3. The second-order valence-electron chi connectivity index (χ2n) is 15.3. The molecule has 12 rings (SSSR count). The van der Waals surface area contributed by atoms with Gasteiger partial charge < -0.3 is 13.9 Å². The SMILES string of the molecule is c1ccc(-n2c3ccccc3c3cc(-c4cccc(N(c5cccc(-c6ccc7ccccc7c6)c5)c5cccc6oc7c8ccccc8ccc7c56)c4)ccc32)cc1. The van der Waals surface area contributed by atoms with E-state index in [0.29, 0.717) is 0 Å². The number of para-hydroxylation sites is 2. The molecular weight excluding hydrogens is 717 g/mol. The van der Waals surface area contributed by atoms with Crippen molar-refractivity contribution in [3.05, 3.63) is 218 Å². The van der Waals surface area contributed by atoms with E-state index in [9.17, 15) is 0 Å². The number of hydrogen-bond acceptors (Lipinski definition) is 2. The van der Waals surface area contributed by atoms with E-state index >= 15 is 0 Å². The van der Waals surface area contributed by atoms with Gasteiger partial charge >= 0.3 is 0 Å². The van der Waals surface area contributed by atoms with E-state index in [1.807, 2.05) is 0 Å². The molecular formula is C56H36N2O. The number of nitrogens with zero attached hydrogens (tertiary/aromatic N) is 2. The van der Waals surface area contributed by atoms with Gasteiger partial charge in [-0.1, -0.05) is 140 Å². The average molecular weight is 753 g/mol. The quantitative estimate of drug-likeness (QED) is 0.169.